The standard InChI is InChI=1S/C17H13NO3S2/c1-22-12-8-6-11(7-9-12)10-15(16(19)20)23-17-18-13-4-2-3-5-14(13)21-17/h2-10H,1H3,(H,19,20)/b15-10-. The number of thioether (sulfide) groups is 2. The number of carboxylic acid groups (broad SMARTS) is 1. The smallest absolute Gasteiger partial charge is 0.342 e. The molecule has 3 rings (SSSR count). The second-order valence-corrected chi connectivity index (χ2v) is 6.51. The lowest BCUT2D eigenvalue weighted by atomic mass is 10.2. The molecule has 0 aliphatic carbocycles. The number of rotatable bonds is 5. The molecule has 3 aromatic rings. The highest BCUT2D eigenvalue weighted by Gasteiger charge is 2.14. The normalized spacial score (nSPS) is 11.8. The largest absolute Gasteiger partial charge is 0.477 e. The molecule has 0 spiro atoms. The van der Waals surface area contributed by atoms with Gasteiger partial charge in [0.2, 0.25) is 0 Å². The molecule has 0 unspecified atom stereocenters. The lowest BCUT2D eigenvalue weighted by molar-refractivity contribution is -0.131. The first kappa shape index (κ1) is 15.7. The molecular formula is C17H13NO3S2. The molecule has 0 radical (unpaired) electrons. The quantitative estimate of drug-likeness (QED) is 0.532. The lowest BCUT2D eigenvalue weighted by Crippen LogP contribution is -1.96. The van der Waals surface area contributed by atoms with Crippen LogP contribution in [-0.2, 0) is 4.79 Å². The number of fused-ring (bicyclic) bond motifs is 1. The van der Waals surface area contributed by atoms with Crippen molar-refractivity contribution in [3.8, 4) is 0 Å². The molecule has 0 aliphatic heterocycles. The van der Waals surface area contributed by atoms with Gasteiger partial charge in [-0.2, -0.15) is 0 Å². The summed E-state index contributed by atoms with van der Waals surface area (Å²) in [5.41, 5.74) is 2.18. The van der Waals surface area contributed by atoms with Crippen LogP contribution in [-0.4, -0.2) is 22.3 Å². The van der Waals surface area contributed by atoms with E-state index in [0.29, 0.717) is 16.3 Å². The Kier molecular flexibility index (Phi) is 4.73. The maximum atomic E-state index is 11.5. The predicted molar refractivity (Wildman–Crippen MR) is 93.7 cm³/mol. The van der Waals surface area contributed by atoms with Gasteiger partial charge in [0.15, 0.2) is 5.58 Å². The van der Waals surface area contributed by atoms with Crippen LogP contribution in [0.5, 0.6) is 0 Å². The zero-order valence-electron chi connectivity index (χ0n) is 12.2. The van der Waals surface area contributed by atoms with E-state index < -0.39 is 5.97 Å². The molecule has 0 fully saturated rings. The van der Waals surface area contributed by atoms with Crippen molar-refractivity contribution in [1.82, 2.24) is 4.98 Å². The zero-order valence-corrected chi connectivity index (χ0v) is 13.9. The van der Waals surface area contributed by atoms with Gasteiger partial charge in [0.05, 0.1) is 0 Å². The van der Waals surface area contributed by atoms with E-state index in [2.05, 4.69) is 4.98 Å². The van der Waals surface area contributed by atoms with Gasteiger partial charge in [0.1, 0.15) is 10.4 Å². The fraction of sp³-hybridized carbons (Fsp3) is 0.0588. The molecule has 0 saturated carbocycles. The Labute approximate surface area is 141 Å². The van der Waals surface area contributed by atoms with E-state index in [-0.39, 0.29) is 4.91 Å². The lowest BCUT2D eigenvalue weighted by Gasteiger charge is -2.00. The molecule has 0 aliphatic rings. The molecule has 0 amide bonds. The van der Waals surface area contributed by atoms with Gasteiger partial charge < -0.3 is 9.52 Å². The van der Waals surface area contributed by atoms with Crippen LogP contribution in [0.3, 0.4) is 0 Å². The van der Waals surface area contributed by atoms with Crippen LogP contribution in [0.15, 0.2) is 68.0 Å². The summed E-state index contributed by atoms with van der Waals surface area (Å²) in [4.78, 5) is 17.1. The monoisotopic (exact) mass is 343 g/mol. The number of carboxylic acids is 1. The summed E-state index contributed by atoms with van der Waals surface area (Å²) in [6.45, 7) is 0. The SMILES string of the molecule is CSc1ccc(/C=C(\Sc2nc3ccccc3o2)C(=O)O)cc1. The average molecular weight is 343 g/mol. The summed E-state index contributed by atoms with van der Waals surface area (Å²) in [6.07, 6.45) is 3.61. The third-order valence-electron chi connectivity index (χ3n) is 3.10. The topological polar surface area (TPSA) is 63.3 Å². The van der Waals surface area contributed by atoms with Crippen molar-refractivity contribution in [2.75, 3.05) is 6.26 Å². The fourth-order valence-corrected chi connectivity index (χ4v) is 3.13. The van der Waals surface area contributed by atoms with Crippen LogP contribution in [0.1, 0.15) is 5.56 Å². The number of hydrogen-bond acceptors (Lipinski definition) is 5. The number of para-hydroxylation sites is 2. The van der Waals surface area contributed by atoms with E-state index in [1.54, 1.807) is 23.9 Å². The van der Waals surface area contributed by atoms with E-state index in [9.17, 15) is 9.90 Å². The summed E-state index contributed by atoms with van der Waals surface area (Å²) in [7, 11) is 0. The highest BCUT2D eigenvalue weighted by Crippen LogP contribution is 2.30. The predicted octanol–water partition coefficient (Wildman–Crippen LogP) is 4.77. The van der Waals surface area contributed by atoms with Crippen molar-refractivity contribution in [2.45, 2.75) is 10.1 Å². The van der Waals surface area contributed by atoms with Crippen molar-refractivity contribution in [3.63, 3.8) is 0 Å². The van der Waals surface area contributed by atoms with Crippen LogP contribution in [0.25, 0.3) is 17.2 Å². The molecule has 1 N–H and O–H groups in total. The average Bonchev–Trinajstić information content (AvgIpc) is 2.97. The molecule has 0 saturated heterocycles. The molecular weight excluding hydrogens is 330 g/mol. The van der Waals surface area contributed by atoms with Crippen molar-refractivity contribution in [1.29, 1.82) is 0 Å². The van der Waals surface area contributed by atoms with E-state index in [1.807, 2.05) is 48.7 Å². The van der Waals surface area contributed by atoms with Crippen LogP contribution in [0.4, 0.5) is 0 Å². The van der Waals surface area contributed by atoms with E-state index in [1.165, 1.54) is 0 Å². The molecule has 23 heavy (non-hydrogen) atoms. The zero-order chi connectivity index (χ0) is 16.2. The molecule has 0 bridgehead atoms. The third kappa shape index (κ3) is 3.78. The molecule has 116 valence electrons. The van der Waals surface area contributed by atoms with Gasteiger partial charge in [0.25, 0.3) is 5.22 Å². The van der Waals surface area contributed by atoms with Crippen molar-refractivity contribution in [3.05, 3.63) is 59.0 Å². The number of carbonyl (C=O) groups is 1. The van der Waals surface area contributed by atoms with Crippen LogP contribution < -0.4 is 0 Å². The highest BCUT2D eigenvalue weighted by atomic mass is 32.2. The summed E-state index contributed by atoms with van der Waals surface area (Å²) < 4.78 is 5.57. The van der Waals surface area contributed by atoms with Gasteiger partial charge in [-0.1, -0.05) is 24.3 Å². The number of oxazole rings is 1. The van der Waals surface area contributed by atoms with Crippen molar-refractivity contribution in [2.24, 2.45) is 0 Å². The maximum Gasteiger partial charge on any atom is 0.342 e. The minimum Gasteiger partial charge on any atom is -0.477 e. The van der Waals surface area contributed by atoms with Gasteiger partial charge in [-0.3, -0.25) is 0 Å². The number of hydrogen-bond donors (Lipinski definition) is 1. The first-order valence-corrected chi connectivity index (χ1v) is 8.82. The van der Waals surface area contributed by atoms with E-state index >= 15 is 0 Å². The Morgan fingerprint density at radius 3 is 2.57 bits per heavy atom. The Hall–Kier alpha value is -2.18. The Morgan fingerprint density at radius 2 is 1.91 bits per heavy atom. The Bertz CT molecular complexity index is 836. The third-order valence-corrected chi connectivity index (χ3v) is 4.70. The summed E-state index contributed by atoms with van der Waals surface area (Å²) in [5.74, 6) is -1.01. The second-order valence-electron chi connectivity index (χ2n) is 4.64. The minimum absolute atomic E-state index is 0.161. The van der Waals surface area contributed by atoms with E-state index in [0.717, 1.165) is 22.2 Å². The molecule has 4 nitrogen and oxygen atoms in total. The van der Waals surface area contributed by atoms with Gasteiger partial charge >= 0.3 is 5.97 Å². The number of aromatic nitrogens is 1. The van der Waals surface area contributed by atoms with Gasteiger partial charge in [-0.05, 0) is 53.9 Å². The summed E-state index contributed by atoms with van der Waals surface area (Å²) in [5, 5.41) is 9.73. The Balaban J connectivity index is 1.88. The minimum atomic E-state index is -1.01. The van der Waals surface area contributed by atoms with Crippen LogP contribution in [0, 0.1) is 0 Å². The molecule has 6 heteroatoms. The van der Waals surface area contributed by atoms with Gasteiger partial charge in [-0.15, -0.1) is 11.8 Å². The summed E-state index contributed by atoms with van der Waals surface area (Å²) >= 11 is 2.65. The summed E-state index contributed by atoms with van der Waals surface area (Å²) in [6, 6.07) is 15.0. The van der Waals surface area contributed by atoms with E-state index in [4.69, 9.17) is 4.42 Å². The van der Waals surface area contributed by atoms with Crippen molar-refractivity contribution < 1.29 is 14.3 Å². The molecule has 1 heterocycles. The first-order chi connectivity index (χ1) is 11.2. The fourth-order valence-electron chi connectivity index (χ4n) is 1.98. The number of nitrogens with zero attached hydrogens (tertiary/aromatic N) is 1. The highest BCUT2D eigenvalue weighted by molar-refractivity contribution is 8.03. The van der Waals surface area contributed by atoms with Crippen LogP contribution >= 0.6 is 23.5 Å². The van der Waals surface area contributed by atoms with Crippen LogP contribution in [0.2, 0.25) is 0 Å². The van der Waals surface area contributed by atoms with Crippen molar-refractivity contribution >= 4 is 46.7 Å². The Morgan fingerprint density at radius 1 is 1.17 bits per heavy atom. The van der Waals surface area contributed by atoms with Gasteiger partial charge in [0, 0.05) is 4.90 Å². The van der Waals surface area contributed by atoms with Gasteiger partial charge in [-0.25, -0.2) is 9.78 Å². The number of benzene rings is 2. The number of aliphatic carboxylic acids is 1. The second kappa shape index (κ2) is 6.93. The first-order valence-electron chi connectivity index (χ1n) is 6.78. The molecule has 2 aromatic carbocycles. The maximum absolute atomic E-state index is 11.5. The molecule has 1 aromatic heterocycles. The molecule has 0 atom stereocenters.